The molecule has 0 aromatic heterocycles. The van der Waals surface area contributed by atoms with Crippen LogP contribution in [0.4, 0.5) is 5.69 Å². The summed E-state index contributed by atoms with van der Waals surface area (Å²) in [6.45, 7) is 3.55. The Bertz CT molecular complexity index is 757. The van der Waals surface area contributed by atoms with Crippen LogP contribution in [0.5, 0.6) is 5.75 Å². The van der Waals surface area contributed by atoms with Crippen LogP contribution in [0.2, 0.25) is 0 Å². The highest BCUT2D eigenvalue weighted by molar-refractivity contribution is 9.10. The summed E-state index contributed by atoms with van der Waals surface area (Å²) in [6.07, 6.45) is 0. The van der Waals surface area contributed by atoms with Gasteiger partial charge in [-0.2, -0.15) is 0 Å². The summed E-state index contributed by atoms with van der Waals surface area (Å²) in [7, 11) is -3.64. The van der Waals surface area contributed by atoms with Gasteiger partial charge in [-0.15, -0.1) is 0 Å². The van der Waals surface area contributed by atoms with Gasteiger partial charge in [-0.05, 0) is 61.4 Å². The van der Waals surface area contributed by atoms with Crippen molar-refractivity contribution in [3.63, 3.8) is 0 Å². The number of halogens is 1. The molecule has 0 atom stereocenters. The van der Waals surface area contributed by atoms with Crippen LogP contribution in [-0.2, 0) is 10.0 Å². The van der Waals surface area contributed by atoms with E-state index in [-0.39, 0.29) is 10.6 Å². The number of benzene rings is 2. The van der Waals surface area contributed by atoms with Gasteiger partial charge >= 0.3 is 0 Å². The minimum Gasteiger partial charge on any atom is -0.508 e. The van der Waals surface area contributed by atoms with Crippen molar-refractivity contribution in [3.8, 4) is 5.75 Å². The fourth-order valence-corrected chi connectivity index (χ4v) is 3.21. The predicted molar refractivity (Wildman–Crippen MR) is 82.5 cm³/mol. The first kappa shape index (κ1) is 14.9. The summed E-state index contributed by atoms with van der Waals surface area (Å²) in [5, 5.41) is 9.34. The first-order valence-electron chi connectivity index (χ1n) is 5.88. The molecule has 2 N–H and O–H groups in total. The molecule has 0 aliphatic rings. The van der Waals surface area contributed by atoms with E-state index in [4.69, 9.17) is 0 Å². The van der Waals surface area contributed by atoms with E-state index in [1.807, 2.05) is 6.92 Å². The van der Waals surface area contributed by atoms with Crippen LogP contribution >= 0.6 is 15.9 Å². The SMILES string of the molecule is Cc1cc(S(=O)(=O)Nc2ccc(O)cc2C)ccc1Br. The fourth-order valence-electron chi connectivity index (χ4n) is 1.75. The lowest BCUT2D eigenvalue weighted by Gasteiger charge is -2.11. The lowest BCUT2D eigenvalue weighted by molar-refractivity contribution is 0.475. The molecule has 2 aromatic carbocycles. The van der Waals surface area contributed by atoms with Gasteiger partial charge in [0.05, 0.1) is 10.6 Å². The monoisotopic (exact) mass is 355 g/mol. The summed E-state index contributed by atoms with van der Waals surface area (Å²) in [6, 6.07) is 9.32. The third-order valence-electron chi connectivity index (χ3n) is 2.89. The number of hydrogen-bond acceptors (Lipinski definition) is 3. The molecule has 0 unspecified atom stereocenters. The number of hydrogen-bond donors (Lipinski definition) is 2. The van der Waals surface area contributed by atoms with E-state index in [1.165, 1.54) is 24.3 Å². The number of anilines is 1. The third-order valence-corrected chi connectivity index (χ3v) is 5.15. The molecule has 0 amide bonds. The van der Waals surface area contributed by atoms with Crippen molar-refractivity contribution in [2.45, 2.75) is 18.7 Å². The van der Waals surface area contributed by atoms with E-state index in [2.05, 4.69) is 20.7 Å². The Morgan fingerprint density at radius 1 is 1.05 bits per heavy atom. The van der Waals surface area contributed by atoms with Crippen molar-refractivity contribution in [1.29, 1.82) is 0 Å². The highest BCUT2D eigenvalue weighted by Gasteiger charge is 2.16. The van der Waals surface area contributed by atoms with Gasteiger partial charge in [0, 0.05) is 4.47 Å². The maximum Gasteiger partial charge on any atom is 0.261 e. The molecule has 0 aliphatic carbocycles. The lowest BCUT2D eigenvalue weighted by atomic mass is 10.2. The second-order valence-corrected chi connectivity index (χ2v) is 7.05. The number of aromatic hydroxyl groups is 1. The summed E-state index contributed by atoms with van der Waals surface area (Å²) >= 11 is 3.34. The third kappa shape index (κ3) is 3.13. The molecule has 2 aromatic rings. The van der Waals surface area contributed by atoms with Gasteiger partial charge in [0.2, 0.25) is 0 Å². The zero-order chi connectivity index (χ0) is 14.9. The number of nitrogens with one attached hydrogen (secondary N) is 1. The van der Waals surface area contributed by atoms with Crippen molar-refractivity contribution in [2.24, 2.45) is 0 Å². The van der Waals surface area contributed by atoms with Crippen LogP contribution in [0.25, 0.3) is 0 Å². The van der Waals surface area contributed by atoms with Crippen molar-refractivity contribution in [2.75, 3.05) is 4.72 Å². The molecule has 0 bridgehead atoms. The van der Waals surface area contributed by atoms with Crippen molar-refractivity contribution < 1.29 is 13.5 Å². The number of aryl methyl sites for hydroxylation is 2. The van der Waals surface area contributed by atoms with Gasteiger partial charge in [0.15, 0.2) is 0 Å². The van der Waals surface area contributed by atoms with Crippen LogP contribution in [0, 0.1) is 13.8 Å². The molecule has 0 aliphatic heterocycles. The van der Waals surface area contributed by atoms with E-state index in [9.17, 15) is 13.5 Å². The lowest BCUT2D eigenvalue weighted by Crippen LogP contribution is -2.13. The standard InChI is InChI=1S/C14H14BrNO3S/c1-9-8-12(4-5-13(9)15)20(18,19)16-14-6-3-11(17)7-10(14)2/h3-8,16-17H,1-2H3. The topological polar surface area (TPSA) is 66.4 Å². The quantitative estimate of drug-likeness (QED) is 0.827. The largest absolute Gasteiger partial charge is 0.508 e. The average Bonchev–Trinajstić information content (AvgIpc) is 2.36. The van der Waals surface area contributed by atoms with Crippen LogP contribution < -0.4 is 4.72 Å². The van der Waals surface area contributed by atoms with E-state index in [0.717, 1.165) is 10.0 Å². The van der Waals surface area contributed by atoms with Crippen LogP contribution in [0.3, 0.4) is 0 Å². The summed E-state index contributed by atoms with van der Waals surface area (Å²) < 4.78 is 28.0. The molecule has 0 fully saturated rings. The summed E-state index contributed by atoms with van der Waals surface area (Å²) in [5.74, 6) is 0.102. The number of rotatable bonds is 3. The molecule has 20 heavy (non-hydrogen) atoms. The highest BCUT2D eigenvalue weighted by atomic mass is 79.9. The normalized spacial score (nSPS) is 11.3. The van der Waals surface area contributed by atoms with E-state index in [1.54, 1.807) is 19.1 Å². The molecule has 0 heterocycles. The molecule has 106 valence electrons. The Kier molecular flexibility index (Phi) is 4.06. The van der Waals surface area contributed by atoms with E-state index >= 15 is 0 Å². The van der Waals surface area contributed by atoms with Gasteiger partial charge < -0.3 is 5.11 Å². The maximum absolute atomic E-state index is 12.3. The van der Waals surface area contributed by atoms with Crippen LogP contribution in [0.15, 0.2) is 45.8 Å². The minimum atomic E-state index is -3.64. The minimum absolute atomic E-state index is 0.102. The molecule has 2 rings (SSSR count). The van der Waals surface area contributed by atoms with Crippen molar-refractivity contribution in [3.05, 3.63) is 52.0 Å². The van der Waals surface area contributed by atoms with Gasteiger partial charge in [-0.1, -0.05) is 15.9 Å². The van der Waals surface area contributed by atoms with Crippen LogP contribution in [0.1, 0.15) is 11.1 Å². The molecule has 6 heteroatoms. The van der Waals surface area contributed by atoms with Gasteiger partial charge in [-0.25, -0.2) is 8.42 Å². The first-order chi connectivity index (χ1) is 9.29. The number of phenolic OH excluding ortho intramolecular Hbond substituents is 1. The molecular formula is C14H14BrNO3S. The molecule has 0 radical (unpaired) electrons. The van der Waals surface area contributed by atoms with Gasteiger partial charge in [-0.3, -0.25) is 4.72 Å². The Balaban J connectivity index is 2.38. The second kappa shape index (κ2) is 5.46. The predicted octanol–water partition coefficient (Wildman–Crippen LogP) is 3.57. The Morgan fingerprint density at radius 2 is 1.75 bits per heavy atom. The Hall–Kier alpha value is -1.53. The molecule has 4 nitrogen and oxygen atoms in total. The molecule has 0 saturated carbocycles. The summed E-state index contributed by atoms with van der Waals surface area (Å²) in [4.78, 5) is 0.200. The zero-order valence-corrected chi connectivity index (χ0v) is 13.4. The Labute approximate surface area is 126 Å². The molecule has 0 saturated heterocycles. The maximum atomic E-state index is 12.3. The van der Waals surface area contributed by atoms with Crippen molar-refractivity contribution >= 4 is 31.6 Å². The van der Waals surface area contributed by atoms with Crippen molar-refractivity contribution in [1.82, 2.24) is 0 Å². The van der Waals surface area contributed by atoms with E-state index < -0.39 is 10.0 Å². The molecule has 0 spiro atoms. The average molecular weight is 356 g/mol. The zero-order valence-electron chi connectivity index (χ0n) is 11.0. The van der Waals surface area contributed by atoms with Gasteiger partial charge in [0.1, 0.15) is 5.75 Å². The summed E-state index contributed by atoms with van der Waals surface area (Å²) in [5.41, 5.74) is 1.95. The van der Waals surface area contributed by atoms with Crippen LogP contribution in [-0.4, -0.2) is 13.5 Å². The highest BCUT2D eigenvalue weighted by Crippen LogP contribution is 2.25. The Morgan fingerprint density at radius 3 is 2.35 bits per heavy atom. The number of sulfonamides is 1. The second-order valence-electron chi connectivity index (χ2n) is 4.52. The van der Waals surface area contributed by atoms with E-state index in [0.29, 0.717) is 11.3 Å². The smallest absolute Gasteiger partial charge is 0.261 e. The molecular weight excluding hydrogens is 342 g/mol. The van der Waals surface area contributed by atoms with Gasteiger partial charge in [0.25, 0.3) is 10.0 Å². The number of phenols is 1. The fraction of sp³-hybridized carbons (Fsp3) is 0.143. The first-order valence-corrected chi connectivity index (χ1v) is 8.16.